The van der Waals surface area contributed by atoms with E-state index in [1.807, 2.05) is 36.4 Å². The zero-order valence-corrected chi connectivity index (χ0v) is 11.2. The highest BCUT2D eigenvalue weighted by atomic mass is 32.1. The lowest BCUT2D eigenvalue weighted by molar-refractivity contribution is 0.109. The Morgan fingerprint density at radius 3 is 2.21 bits per heavy atom. The summed E-state index contributed by atoms with van der Waals surface area (Å²) in [6, 6.07) is 16.9. The van der Waals surface area contributed by atoms with E-state index >= 15 is 0 Å². The molecule has 2 rings (SSSR count). The average Bonchev–Trinajstić information content (AvgIpc) is 2.46. The molecular weight excluding hydrogens is 256 g/mol. The van der Waals surface area contributed by atoms with Gasteiger partial charge in [0.1, 0.15) is 5.84 Å². The van der Waals surface area contributed by atoms with Gasteiger partial charge in [-0.2, -0.15) is 0 Å². The molecule has 19 heavy (non-hydrogen) atoms. The number of thiol groups is 1. The molecule has 0 aliphatic heterocycles. The molecule has 0 aliphatic rings. The van der Waals surface area contributed by atoms with Crippen LogP contribution in [0.1, 0.15) is 21.5 Å². The molecule has 0 aliphatic carbocycles. The molecule has 96 valence electrons. The van der Waals surface area contributed by atoms with Crippen LogP contribution in [0, 0.1) is 0 Å². The lowest BCUT2D eigenvalue weighted by atomic mass is 10.1. The molecule has 0 fully saturated rings. The number of hydrogen-bond acceptors (Lipinski definition) is 2. The number of carbonyl (C=O) groups is 1. The van der Waals surface area contributed by atoms with E-state index in [1.165, 1.54) is 0 Å². The Morgan fingerprint density at radius 2 is 1.58 bits per heavy atom. The largest absolute Gasteiger partial charge is 0.383 e. The maximum absolute atomic E-state index is 11.4. The smallest absolute Gasteiger partial charge is 0.217 e. The van der Waals surface area contributed by atoms with E-state index in [1.54, 1.807) is 18.2 Å². The third-order valence-corrected chi connectivity index (χ3v) is 2.95. The van der Waals surface area contributed by atoms with Crippen molar-refractivity contribution in [1.29, 1.82) is 0 Å². The summed E-state index contributed by atoms with van der Waals surface area (Å²) in [6.45, 7) is 0.488. The predicted octanol–water partition coefficient (Wildman–Crippen LogP) is 2.66. The molecule has 0 aromatic heterocycles. The van der Waals surface area contributed by atoms with Crippen LogP contribution in [0.2, 0.25) is 0 Å². The Balaban J connectivity index is 2.24. The van der Waals surface area contributed by atoms with Crippen LogP contribution in [0.5, 0.6) is 0 Å². The summed E-state index contributed by atoms with van der Waals surface area (Å²) in [5.74, 6) is 0.349. The fraction of sp³-hybridized carbons (Fsp3) is 0.0667. The van der Waals surface area contributed by atoms with Gasteiger partial charge < -0.3 is 5.73 Å². The molecule has 0 bridgehead atoms. The fourth-order valence-corrected chi connectivity index (χ4v) is 1.93. The van der Waals surface area contributed by atoms with Crippen LogP contribution in [0.3, 0.4) is 0 Å². The third-order valence-electron chi connectivity index (χ3n) is 2.71. The molecule has 2 aromatic rings. The second-order valence-corrected chi connectivity index (χ2v) is 4.44. The van der Waals surface area contributed by atoms with Gasteiger partial charge in [-0.25, -0.2) is 0 Å². The van der Waals surface area contributed by atoms with Crippen LogP contribution in [-0.4, -0.2) is 11.0 Å². The zero-order valence-electron chi connectivity index (χ0n) is 10.3. The Labute approximate surface area is 117 Å². The number of aliphatic imine (C=N–C) groups is 1. The Morgan fingerprint density at radius 1 is 1.00 bits per heavy atom. The van der Waals surface area contributed by atoms with E-state index in [9.17, 15) is 4.79 Å². The molecule has 0 heterocycles. The van der Waals surface area contributed by atoms with Gasteiger partial charge in [-0.1, -0.05) is 48.5 Å². The summed E-state index contributed by atoms with van der Waals surface area (Å²) < 4.78 is 0. The van der Waals surface area contributed by atoms with E-state index in [0.29, 0.717) is 23.5 Å². The number of hydrogen-bond donors (Lipinski definition) is 2. The number of rotatable bonds is 4. The van der Waals surface area contributed by atoms with E-state index in [-0.39, 0.29) is 5.12 Å². The van der Waals surface area contributed by atoms with Crippen molar-refractivity contribution in [2.24, 2.45) is 10.7 Å². The molecule has 0 atom stereocenters. The minimum atomic E-state index is -0.312. The SMILES string of the molecule is NC(=NCc1ccccc1)c1ccccc1C(=O)S. The number of nitrogens with two attached hydrogens (primary N) is 1. The number of carbonyl (C=O) groups excluding carboxylic acids is 1. The van der Waals surface area contributed by atoms with Crippen LogP contribution >= 0.6 is 12.6 Å². The van der Waals surface area contributed by atoms with Crippen molar-refractivity contribution < 1.29 is 4.79 Å². The second-order valence-electron chi connectivity index (χ2n) is 4.04. The van der Waals surface area contributed by atoms with Crippen LogP contribution < -0.4 is 5.73 Å². The van der Waals surface area contributed by atoms with Crippen molar-refractivity contribution in [3.63, 3.8) is 0 Å². The van der Waals surface area contributed by atoms with Crippen molar-refractivity contribution in [1.82, 2.24) is 0 Å². The Kier molecular flexibility index (Phi) is 4.36. The molecule has 2 aromatic carbocycles. The highest BCUT2D eigenvalue weighted by molar-refractivity contribution is 7.97. The Hall–Kier alpha value is -2.07. The number of nitrogens with zero attached hydrogens (tertiary/aromatic N) is 1. The maximum Gasteiger partial charge on any atom is 0.217 e. The lowest BCUT2D eigenvalue weighted by Gasteiger charge is -2.06. The third kappa shape index (κ3) is 3.45. The molecule has 0 saturated heterocycles. The molecule has 0 spiro atoms. The summed E-state index contributed by atoms with van der Waals surface area (Å²) in [4.78, 5) is 15.7. The highest BCUT2D eigenvalue weighted by Crippen LogP contribution is 2.11. The van der Waals surface area contributed by atoms with Crippen molar-refractivity contribution >= 4 is 23.6 Å². The van der Waals surface area contributed by atoms with Crippen molar-refractivity contribution in [3.05, 3.63) is 71.3 Å². The molecule has 4 heteroatoms. The van der Waals surface area contributed by atoms with E-state index < -0.39 is 0 Å². The average molecular weight is 270 g/mol. The van der Waals surface area contributed by atoms with Gasteiger partial charge in [0.2, 0.25) is 5.12 Å². The molecule has 0 saturated carbocycles. The minimum Gasteiger partial charge on any atom is -0.383 e. The van der Waals surface area contributed by atoms with E-state index in [2.05, 4.69) is 17.6 Å². The summed E-state index contributed by atoms with van der Waals surface area (Å²) in [5.41, 5.74) is 8.11. The van der Waals surface area contributed by atoms with Gasteiger partial charge in [0, 0.05) is 11.1 Å². The Bertz CT molecular complexity index is 609. The fourth-order valence-electron chi connectivity index (χ4n) is 1.74. The molecule has 2 N–H and O–H groups in total. The normalized spacial score (nSPS) is 11.3. The molecule has 0 unspecified atom stereocenters. The first-order chi connectivity index (χ1) is 9.18. The molecule has 0 amide bonds. The van der Waals surface area contributed by atoms with Gasteiger partial charge in [-0.15, -0.1) is 12.6 Å². The van der Waals surface area contributed by atoms with Crippen molar-refractivity contribution in [3.8, 4) is 0 Å². The van der Waals surface area contributed by atoms with Crippen LogP contribution in [-0.2, 0) is 6.54 Å². The number of benzene rings is 2. The molecular formula is C15H14N2OS. The maximum atomic E-state index is 11.4. The lowest BCUT2D eigenvalue weighted by Crippen LogP contribution is -2.17. The van der Waals surface area contributed by atoms with Crippen LogP contribution in [0.4, 0.5) is 0 Å². The first kappa shape index (κ1) is 13.4. The van der Waals surface area contributed by atoms with E-state index in [0.717, 1.165) is 5.56 Å². The zero-order chi connectivity index (χ0) is 13.7. The summed E-state index contributed by atoms with van der Waals surface area (Å²) in [5, 5.41) is -0.312. The van der Waals surface area contributed by atoms with Gasteiger partial charge in [0.05, 0.1) is 6.54 Å². The minimum absolute atomic E-state index is 0.312. The molecule has 3 nitrogen and oxygen atoms in total. The quantitative estimate of drug-likeness (QED) is 0.510. The van der Waals surface area contributed by atoms with Crippen molar-refractivity contribution in [2.45, 2.75) is 6.54 Å². The van der Waals surface area contributed by atoms with Gasteiger partial charge in [0.15, 0.2) is 0 Å². The van der Waals surface area contributed by atoms with Gasteiger partial charge in [-0.3, -0.25) is 9.79 Å². The summed E-state index contributed by atoms with van der Waals surface area (Å²) in [7, 11) is 0. The first-order valence-corrected chi connectivity index (χ1v) is 6.30. The highest BCUT2D eigenvalue weighted by Gasteiger charge is 2.09. The second kappa shape index (κ2) is 6.20. The van der Waals surface area contributed by atoms with Crippen LogP contribution in [0.25, 0.3) is 0 Å². The van der Waals surface area contributed by atoms with Crippen molar-refractivity contribution in [2.75, 3.05) is 0 Å². The number of amidine groups is 1. The summed E-state index contributed by atoms with van der Waals surface area (Å²) >= 11 is 3.84. The van der Waals surface area contributed by atoms with Gasteiger partial charge in [-0.05, 0) is 11.6 Å². The summed E-state index contributed by atoms with van der Waals surface area (Å²) in [6.07, 6.45) is 0. The van der Waals surface area contributed by atoms with Gasteiger partial charge in [0.25, 0.3) is 0 Å². The predicted molar refractivity (Wildman–Crippen MR) is 80.6 cm³/mol. The topological polar surface area (TPSA) is 55.4 Å². The monoisotopic (exact) mass is 270 g/mol. The van der Waals surface area contributed by atoms with Crippen LogP contribution in [0.15, 0.2) is 59.6 Å². The van der Waals surface area contributed by atoms with E-state index in [4.69, 9.17) is 5.73 Å². The van der Waals surface area contributed by atoms with Gasteiger partial charge >= 0.3 is 0 Å². The first-order valence-electron chi connectivity index (χ1n) is 5.85. The molecule has 0 radical (unpaired) electrons. The standard InChI is InChI=1S/C15H14N2OS/c16-14(17-10-11-6-2-1-3-7-11)12-8-4-5-9-13(12)15(18)19/h1-9H,10H2,(H2,16,17)(H,18,19).